The third-order valence-electron chi connectivity index (χ3n) is 6.36. The molecule has 0 radical (unpaired) electrons. The van der Waals surface area contributed by atoms with Crippen LogP contribution in [0.2, 0.25) is 0 Å². The minimum Gasteiger partial charge on any atom is -0.436 e. The summed E-state index contributed by atoms with van der Waals surface area (Å²) in [5.74, 6) is 0.652. The van der Waals surface area contributed by atoms with Crippen LogP contribution in [0.5, 0.6) is 0 Å². The topological polar surface area (TPSA) is 26.0 Å². The van der Waals surface area contributed by atoms with Crippen molar-refractivity contribution in [2.75, 3.05) is 0 Å². The van der Waals surface area contributed by atoms with E-state index in [9.17, 15) is 0 Å². The first-order chi connectivity index (χ1) is 16.8. The summed E-state index contributed by atoms with van der Waals surface area (Å²) in [5, 5.41) is 2.66. The van der Waals surface area contributed by atoms with Crippen LogP contribution in [0.4, 0.5) is 0 Å². The Morgan fingerprint density at radius 1 is 0.529 bits per heavy atom. The lowest BCUT2D eigenvalue weighted by Crippen LogP contribution is -1.82. The third-order valence-corrected chi connectivity index (χ3v) is 7.58. The lowest BCUT2D eigenvalue weighted by atomic mass is 9.98. The number of thiophene rings is 1. The van der Waals surface area contributed by atoms with Crippen LogP contribution in [0.1, 0.15) is 0 Å². The second kappa shape index (κ2) is 7.68. The highest BCUT2D eigenvalue weighted by Gasteiger charge is 2.11. The predicted molar refractivity (Wildman–Crippen MR) is 143 cm³/mol. The number of rotatable bonds is 3. The molecule has 0 atom stereocenters. The second-order valence-electron chi connectivity index (χ2n) is 8.42. The molecule has 5 aromatic carbocycles. The largest absolute Gasteiger partial charge is 0.436 e. The van der Waals surface area contributed by atoms with Gasteiger partial charge in [0.05, 0.1) is 0 Å². The number of nitrogens with zero attached hydrogens (tertiary/aromatic N) is 1. The maximum atomic E-state index is 5.91. The number of aromatic nitrogens is 1. The van der Waals surface area contributed by atoms with Gasteiger partial charge in [-0.15, -0.1) is 11.3 Å². The van der Waals surface area contributed by atoms with E-state index in [4.69, 9.17) is 4.42 Å². The molecule has 0 saturated heterocycles. The number of hydrogen-bond acceptors (Lipinski definition) is 3. The van der Waals surface area contributed by atoms with Gasteiger partial charge in [-0.1, -0.05) is 84.9 Å². The first-order valence-corrected chi connectivity index (χ1v) is 12.1. The Balaban J connectivity index is 1.22. The molecule has 0 amide bonds. The maximum absolute atomic E-state index is 5.91. The van der Waals surface area contributed by atoms with E-state index >= 15 is 0 Å². The van der Waals surface area contributed by atoms with Crippen molar-refractivity contribution in [3.05, 3.63) is 115 Å². The molecule has 0 aliphatic rings. The average molecular weight is 454 g/mol. The van der Waals surface area contributed by atoms with Crippen molar-refractivity contribution in [2.45, 2.75) is 0 Å². The summed E-state index contributed by atoms with van der Waals surface area (Å²) in [6, 6.07) is 40.4. The Morgan fingerprint density at radius 3 is 1.97 bits per heavy atom. The number of fused-ring (bicyclic) bond motifs is 4. The van der Waals surface area contributed by atoms with Gasteiger partial charge in [0.25, 0.3) is 0 Å². The fourth-order valence-corrected chi connectivity index (χ4v) is 5.86. The van der Waals surface area contributed by atoms with Gasteiger partial charge in [0, 0.05) is 25.7 Å². The number of oxazole rings is 1. The van der Waals surface area contributed by atoms with Crippen molar-refractivity contribution in [2.24, 2.45) is 0 Å². The normalized spacial score (nSPS) is 11.5. The average Bonchev–Trinajstić information content (AvgIpc) is 3.51. The molecule has 2 nitrogen and oxygen atoms in total. The predicted octanol–water partition coefficient (Wildman–Crippen LogP) is 9.20. The molecule has 0 saturated carbocycles. The monoisotopic (exact) mass is 453 g/mol. The summed E-state index contributed by atoms with van der Waals surface area (Å²) in [7, 11) is 0. The van der Waals surface area contributed by atoms with Crippen molar-refractivity contribution >= 4 is 42.6 Å². The standard InChI is InChI=1S/C31H19NOS/c1-4-11-29-25(6-1)26-8-5-7-24(30(26)34-29)22-16-12-20(13-17-22)21-14-18-23(19-15-21)31-32-27-9-2-3-10-28(27)33-31/h1-19H. The van der Waals surface area contributed by atoms with Crippen LogP contribution in [0, 0.1) is 0 Å². The highest BCUT2D eigenvalue weighted by Crippen LogP contribution is 2.40. The minimum atomic E-state index is 0.652. The summed E-state index contributed by atoms with van der Waals surface area (Å²) in [6.07, 6.45) is 0. The lowest BCUT2D eigenvalue weighted by Gasteiger charge is -2.07. The van der Waals surface area contributed by atoms with E-state index < -0.39 is 0 Å². The molecule has 7 rings (SSSR count). The number of para-hydroxylation sites is 2. The Morgan fingerprint density at radius 2 is 1.18 bits per heavy atom. The fourth-order valence-electron chi connectivity index (χ4n) is 4.62. The van der Waals surface area contributed by atoms with Crippen LogP contribution in [0.3, 0.4) is 0 Å². The highest BCUT2D eigenvalue weighted by molar-refractivity contribution is 7.26. The fraction of sp³-hybridized carbons (Fsp3) is 0. The molecule has 160 valence electrons. The van der Waals surface area contributed by atoms with Crippen LogP contribution in [-0.2, 0) is 0 Å². The zero-order chi connectivity index (χ0) is 22.5. The van der Waals surface area contributed by atoms with Gasteiger partial charge in [0.2, 0.25) is 5.89 Å². The Bertz CT molecular complexity index is 1760. The smallest absolute Gasteiger partial charge is 0.227 e. The lowest BCUT2D eigenvalue weighted by molar-refractivity contribution is 0.620. The number of benzene rings is 5. The van der Waals surface area contributed by atoms with E-state index in [0.29, 0.717) is 5.89 Å². The van der Waals surface area contributed by atoms with Crippen LogP contribution in [0.15, 0.2) is 120 Å². The molecule has 3 heteroatoms. The van der Waals surface area contributed by atoms with Crippen LogP contribution in [0.25, 0.3) is 65.0 Å². The molecule has 0 unspecified atom stereocenters. The van der Waals surface area contributed by atoms with E-state index in [1.54, 1.807) is 0 Å². The van der Waals surface area contributed by atoms with Crippen LogP contribution >= 0.6 is 11.3 Å². The van der Waals surface area contributed by atoms with E-state index in [0.717, 1.165) is 16.7 Å². The molecular weight excluding hydrogens is 434 g/mol. The summed E-state index contributed by atoms with van der Waals surface area (Å²) in [5.41, 5.74) is 7.56. The van der Waals surface area contributed by atoms with E-state index in [1.807, 2.05) is 35.6 Å². The molecule has 0 aliphatic heterocycles. The zero-order valence-corrected chi connectivity index (χ0v) is 19.0. The number of hydrogen-bond donors (Lipinski definition) is 0. The molecule has 7 aromatic rings. The molecule has 34 heavy (non-hydrogen) atoms. The summed E-state index contributed by atoms with van der Waals surface area (Å²) >= 11 is 1.87. The van der Waals surface area contributed by atoms with Gasteiger partial charge >= 0.3 is 0 Å². The SMILES string of the molecule is c1ccc2oc(-c3ccc(-c4ccc(-c5cccc6c5sc5ccccc56)cc4)cc3)nc2c1. The quantitative estimate of drug-likeness (QED) is 0.266. The molecule has 0 bridgehead atoms. The summed E-state index contributed by atoms with van der Waals surface area (Å²) < 4.78 is 8.59. The maximum Gasteiger partial charge on any atom is 0.227 e. The molecule has 2 aromatic heterocycles. The van der Waals surface area contributed by atoms with Gasteiger partial charge in [-0.2, -0.15) is 0 Å². The van der Waals surface area contributed by atoms with Gasteiger partial charge in [0.15, 0.2) is 5.58 Å². The molecule has 0 fully saturated rings. The first kappa shape index (κ1) is 19.3. The molecular formula is C31H19NOS. The minimum absolute atomic E-state index is 0.652. The third kappa shape index (κ3) is 3.13. The Labute approximate surface area is 200 Å². The van der Waals surface area contributed by atoms with Crippen molar-refractivity contribution < 1.29 is 4.42 Å². The molecule has 0 spiro atoms. The van der Waals surface area contributed by atoms with Crippen LogP contribution < -0.4 is 0 Å². The van der Waals surface area contributed by atoms with Gasteiger partial charge in [0.1, 0.15) is 5.52 Å². The molecule has 0 N–H and O–H groups in total. The van der Waals surface area contributed by atoms with E-state index in [2.05, 4.69) is 96.0 Å². The van der Waals surface area contributed by atoms with Crippen molar-refractivity contribution in [3.63, 3.8) is 0 Å². The first-order valence-electron chi connectivity index (χ1n) is 11.3. The van der Waals surface area contributed by atoms with Crippen molar-refractivity contribution in [1.82, 2.24) is 4.98 Å². The van der Waals surface area contributed by atoms with Crippen molar-refractivity contribution in [3.8, 4) is 33.7 Å². The van der Waals surface area contributed by atoms with E-state index in [-0.39, 0.29) is 0 Å². The van der Waals surface area contributed by atoms with E-state index in [1.165, 1.54) is 42.4 Å². The van der Waals surface area contributed by atoms with Gasteiger partial charge in [-0.25, -0.2) is 4.98 Å². The summed E-state index contributed by atoms with van der Waals surface area (Å²) in [6.45, 7) is 0. The van der Waals surface area contributed by atoms with Gasteiger partial charge < -0.3 is 4.42 Å². The summed E-state index contributed by atoms with van der Waals surface area (Å²) in [4.78, 5) is 4.61. The zero-order valence-electron chi connectivity index (χ0n) is 18.2. The van der Waals surface area contributed by atoms with Gasteiger partial charge in [-0.3, -0.25) is 0 Å². The van der Waals surface area contributed by atoms with Crippen molar-refractivity contribution in [1.29, 1.82) is 0 Å². The second-order valence-corrected chi connectivity index (χ2v) is 9.47. The Hall–Kier alpha value is -4.21. The Kier molecular flexibility index (Phi) is 4.36. The molecule has 0 aliphatic carbocycles. The van der Waals surface area contributed by atoms with Crippen LogP contribution in [-0.4, -0.2) is 4.98 Å². The molecule has 2 heterocycles. The highest BCUT2D eigenvalue weighted by atomic mass is 32.1. The van der Waals surface area contributed by atoms with Gasteiger partial charge in [-0.05, 0) is 52.6 Å².